The molecule has 0 amide bonds. The van der Waals surface area contributed by atoms with Crippen LogP contribution in [0.3, 0.4) is 0 Å². The first-order valence-electron chi connectivity index (χ1n) is 10.8. The van der Waals surface area contributed by atoms with Gasteiger partial charge in [-0.3, -0.25) is 9.89 Å². The molecule has 2 N–H and O–H groups in total. The predicted molar refractivity (Wildman–Crippen MR) is 119 cm³/mol. The molecule has 1 aromatic carbocycles. The summed E-state index contributed by atoms with van der Waals surface area (Å²) in [5.74, 6) is 1.56. The second kappa shape index (κ2) is 12.4. The fraction of sp³-hybridized carbons (Fsp3) is 0.682. The highest BCUT2D eigenvalue weighted by Crippen LogP contribution is 2.21. The largest absolute Gasteiger partial charge is 0.379 e. The average molecular weight is 423 g/mol. The lowest BCUT2D eigenvalue weighted by Gasteiger charge is -2.32. The van der Waals surface area contributed by atoms with Gasteiger partial charge in [0.2, 0.25) is 0 Å². The van der Waals surface area contributed by atoms with Crippen molar-refractivity contribution in [3.8, 4) is 0 Å². The van der Waals surface area contributed by atoms with E-state index in [0.29, 0.717) is 5.92 Å². The number of nitrogens with zero attached hydrogens (tertiary/aromatic N) is 2. The minimum atomic E-state index is 0.288. The quantitative estimate of drug-likeness (QED) is 0.364. The van der Waals surface area contributed by atoms with E-state index in [-0.39, 0.29) is 6.10 Å². The Morgan fingerprint density at radius 1 is 1.24 bits per heavy atom. The van der Waals surface area contributed by atoms with E-state index in [1.165, 1.54) is 18.4 Å². The number of piperidine rings is 1. The van der Waals surface area contributed by atoms with E-state index in [1.54, 1.807) is 0 Å². The Kier molecular flexibility index (Phi) is 9.54. The Hall–Kier alpha value is -1.34. The molecular formula is C22H35ClN4O2. The minimum Gasteiger partial charge on any atom is -0.379 e. The number of halogens is 1. The Morgan fingerprint density at radius 2 is 2.07 bits per heavy atom. The molecule has 2 heterocycles. The third-order valence-electron chi connectivity index (χ3n) is 5.70. The zero-order valence-electron chi connectivity index (χ0n) is 17.5. The van der Waals surface area contributed by atoms with E-state index >= 15 is 0 Å². The predicted octanol–water partition coefficient (Wildman–Crippen LogP) is 2.91. The van der Waals surface area contributed by atoms with Gasteiger partial charge in [0.05, 0.1) is 12.7 Å². The molecule has 0 radical (unpaired) electrons. The number of likely N-dealkylation sites (tertiary alicyclic amines) is 1. The molecule has 2 aliphatic rings. The monoisotopic (exact) mass is 422 g/mol. The molecule has 2 aliphatic heterocycles. The van der Waals surface area contributed by atoms with Gasteiger partial charge in [0, 0.05) is 44.9 Å². The van der Waals surface area contributed by atoms with Crippen LogP contribution >= 0.6 is 11.6 Å². The molecule has 0 aromatic heterocycles. The summed E-state index contributed by atoms with van der Waals surface area (Å²) in [6, 6.07) is 8.15. The highest BCUT2D eigenvalue weighted by atomic mass is 35.5. The van der Waals surface area contributed by atoms with E-state index in [0.717, 1.165) is 76.4 Å². The van der Waals surface area contributed by atoms with Crippen molar-refractivity contribution in [1.29, 1.82) is 0 Å². The van der Waals surface area contributed by atoms with Gasteiger partial charge < -0.3 is 20.1 Å². The summed E-state index contributed by atoms with van der Waals surface area (Å²) in [6.45, 7) is 7.35. The number of aliphatic imine (C=N–C) groups is 1. The molecule has 29 heavy (non-hydrogen) atoms. The van der Waals surface area contributed by atoms with Crippen LogP contribution in [0.4, 0.5) is 0 Å². The normalized spacial score (nSPS) is 21.4. The molecule has 1 atom stereocenters. The van der Waals surface area contributed by atoms with Gasteiger partial charge in [-0.05, 0) is 56.3 Å². The molecule has 3 rings (SSSR count). The number of guanidine groups is 1. The summed E-state index contributed by atoms with van der Waals surface area (Å²) in [5.41, 5.74) is 1.22. The van der Waals surface area contributed by atoms with Gasteiger partial charge in [0.1, 0.15) is 0 Å². The molecule has 0 aliphatic carbocycles. The zero-order valence-corrected chi connectivity index (χ0v) is 18.3. The first kappa shape index (κ1) is 22.3. The van der Waals surface area contributed by atoms with E-state index in [2.05, 4.69) is 32.7 Å². The molecule has 2 fully saturated rings. The molecule has 0 spiro atoms. The SMILES string of the molecule is CN=C(NCCCOC1CCOC1)NCC1CCN(Cc2ccccc2Cl)CC1. The fourth-order valence-corrected chi connectivity index (χ4v) is 4.05. The molecule has 1 unspecified atom stereocenters. The summed E-state index contributed by atoms with van der Waals surface area (Å²) in [7, 11) is 1.83. The summed E-state index contributed by atoms with van der Waals surface area (Å²) >= 11 is 6.30. The number of nitrogens with one attached hydrogen (secondary N) is 2. The third kappa shape index (κ3) is 7.78. The Labute approximate surface area is 180 Å². The fourth-order valence-electron chi connectivity index (χ4n) is 3.85. The van der Waals surface area contributed by atoms with E-state index < -0.39 is 0 Å². The summed E-state index contributed by atoms with van der Waals surface area (Å²) in [6.07, 6.45) is 4.68. The maximum Gasteiger partial charge on any atom is 0.190 e. The lowest BCUT2D eigenvalue weighted by Crippen LogP contribution is -2.43. The van der Waals surface area contributed by atoms with Crippen molar-refractivity contribution >= 4 is 17.6 Å². The number of ether oxygens (including phenoxy) is 2. The number of rotatable bonds is 9. The van der Waals surface area contributed by atoms with Crippen molar-refractivity contribution in [1.82, 2.24) is 15.5 Å². The minimum absolute atomic E-state index is 0.288. The van der Waals surface area contributed by atoms with Crippen molar-refractivity contribution in [2.24, 2.45) is 10.9 Å². The second-order valence-corrected chi connectivity index (χ2v) is 8.31. The van der Waals surface area contributed by atoms with Crippen LogP contribution in [-0.4, -0.2) is 70.0 Å². The van der Waals surface area contributed by atoms with Crippen LogP contribution in [0.15, 0.2) is 29.3 Å². The van der Waals surface area contributed by atoms with Crippen molar-refractivity contribution in [3.05, 3.63) is 34.9 Å². The van der Waals surface area contributed by atoms with E-state index in [1.807, 2.05) is 19.2 Å². The summed E-state index contributed by atoms with van der Waals surface area (Å²) < 4.78 is 11.1. The maximum absolute atomic E-state index is 6.30. The van der Waals surface area contributed by atoms with Crippen molar-refractivity contribution < 1.29 is 9.47 Å². The summed E-state index contributed by atoms with van der Waals surface area (Å²) in [5, 5.41) is 7.74. The lowest BCUT2D eigenvalue weighted by atomic mass is 9.96. The molecule has 162 valence electrons. The molecule has 0 bridgehead atoms. The van der Waals surface area contributed by atoms with Crippen LogP contribution in [0.5, 0.6) is 0 Å². The topological polar surface area (TPSA) is 58.1 Å². The van der Waals surface area contributed by atoms with Crippen molar-refractivity contribution in [2.75, 3.05) is 53.0 Å². The number of hydrogen-bond donors (Lipinski definition) is 2. The van der Waals surface area contributed by atoms with Crippen LogP contribution in [0.2, 0.25) is 5.02 Å². The summed E-state index contributed by atoms with van der Waals surface area (Å²) in [4.78, 5) is 6.84. The highest BCUT2D eigenvalue weighted by Gasteiger charge is 2.20. The first-order valence-corrected chi connectivity index (χ1v) is 11.2. The van der Waals surface area contributed by atoms with Gasteiger partial charge >= 0.3 is 0 Å². The van der Waals surface area contributed by atoms with Gasteiger partial charge in [-0.2, -0.15) is 0 Å². The Morgan fingerprint density at radius 3 is 2.79 bits per heavy atom. The molecule has 2 saturated heterocycles. The van der Waals surface area contributed by atoms with Gasteiger partial charge in [-0.15, -0.1) is 0 Å². The van der Waals surface area contributed by atoms with Gasteiger partial charge in [-0.1, -0.05) is 29.8 Å². The highest BCUT2D eigenvalue weighted by molar-refractivity contribution is 6.31. The van der Waals surface area contributed by atoms with Crippen molar-refractivity contribution in [2.45, 2.75) is 38.3 Å². The van der Waals surface area contributed by atoms with E-state index in [9.17, 15) is 0 Å². The molecule has 0 saturated carbocycles. The maximum atomic E-state index is 6.30. The van der Waals surface area contributed by atoms with Crippen LogP contribution in [0, 0.1) is 5.92 Å². The standard InChI is InChI=1S/C22H35ClN4O2/c1-24-22(25-10-4-13-29-20-9-14-28-17-20)26-15-18-7-11-27(12-8-18)16-19-5-2-3-6-21(19)23/h2-3,5-6,18,20H,4,7-17H2,1H3,(H2,24,25,26). The number of benzene rings is 1. The van der Waals surface area contributed by atoms with Crippen LogP contribution in [0.1, 0.15) is 31.2 Å². The van der Waals surface area contributed by atoms with Crippen molar-refractivity contribution in [3.63, 3.8) is 0 Å². The lowest BCUT2D eigenvalue weighted by molar-refractivity contribution is 0.0420. The second-order valence-electron chi connectivity index (χ2n) is 7.90. The van der Waals surface area contributed by atoms with Gasteiger partial charge in [0.15, 0.2) is 5.96 Å². The third-order valence-corrected chi connectivity index (χ3v) is 6.06. The Bertz CT molecular complexity index is 629. The van der Waals surface area contributed by atoms with Crippen LogP contribution < -0.4 is 10.6 Å². The molecule has 6 nitrogen and oxygen atoms in total. The smallest absolute Gasteiger partial charge is 0.190 e. The van der Waals surface area contributed by atoms with Crippen LogP contribution in [0.25, 0.3) is 0 Å². The van der Waals surface area contributed by atoms with Crippen LogP contribution in [-0.2, 0) is 16.0 Å². The van der Waals surface area contributed by atoms with E-state index in [4.69, 9.17) is 21.1 Å². The molecule has 7 heteroatoms. The van der Waals surface area contributed by atoms with Gasteiger partial charge in [-0.25, -0.2) is 0 Å². The number of hydrogen-bond acceptors (Lipinski definition) is 4. The van der Waals surface area contributed by atoms with Gasteiger partial charge in [0.25, 0.3) is 0 Å². The molecule has 1 aromatic rings. The molecular weight excluding hydrogens is 388 g/mol. The Balaban J connectivity index is 1.26. The average Bonchev–Trinajstić information content (AvgIpc) is 3.26. The first-order chi connectivity index (χ1) is 14.2. The zero-order chi connectivity index (χ0) is 20.3.